The molecule has 0 amide bonds. The molecule has 230 valence electrons. The highest BCUT2D eigenvalue weighted by Crippen LogP contribution is 2.33. The fourth-order valence-corrected chi connectivity index (χ4v) is 5.31. The van der Waals surface area contributed by atoms with Gasteiger partial charge in [0.1, 0.15) is 23.7 Å². The van der Waals surface area contributed by atoms with Gasteiger partial charge in [0, 0.05) is 55.4 Å². The average Bonchev–Trinajstić information content (AvgIpc) is 3.69. The molecular weight excluding hydrogens is 581 g/mol. The van der Waals surface area contributed by atoms with Crippen LogP contribution >= 0.6 is 0 Å². The molecular formula is C35H32FN9O. The van der Waals surface area contributed by atoms with Crippen molar-refractivity contribution < 1.29 is 9.13 Å². The molecule has 0 aliphatic carbocycles. The molecule has 3 N–H and O–H groups in total. The van der Waals surface area contributed by atoms with E-state index in [1.165, 1.54) is 17.7 Å². The molecule has 0 atom stereocenters. The lowest BCUT2D eigenvalue weighted by molar-refractivity contribution is 0.260. The molecule has 46 heavy (non-hydrogen) atoms. The van der Waals surface area contributed by atoms with Crippen LogP contribution in [0.15, 0.2) is 91.4 Å². The van der Waals surface area contributed by atoms with E-state index in [-0.39, 0.29) is 5.82 Å². The first-order valence-corrected chi connectivity index (χ1v) is 15.0. The Kier molecular flexibility index (Phi) is 8.15. The van der Waals surface area contributed by atoms with Gasteiger partial charge < -0.3 is 19.9 Å². The monoisotopic (exact) mass is 613 g/mol. The van der Waals surface area contributed by atoms with E-state index in [9.17, 15) is 4.39 Å². The number of aromatic nitrogens is 7. The molecule has 0 aliphatic heterocycles. The lowest BCUT2D eigenvalue weighted by Crippen LogP contribution is -2.19. The van der Waals surface area contributed by atoms with Crippen molar-refractivity contribution in [3.8, 4) is 39.7 Å². The molecule has 0 aliphatic rings. The fraction of sp³-hybridized carbons (Fsp3) is 0.171. The van der Waals surface area contributed by atoms with E-state index in [4.69, 9.17) is 14.7 Å². The summed E-state index contributed by atoms with van der Waals surface area (Å²) in [7, 11) is 3.93. The maximum absolute atomic E-state index is 14.7. The number of H-pyrrole nitrogens is 2. The highest BCUT2D eigenvalue weighted by molar-refractivity contribution is 5.95. The van der Waals surface area contributed by atoms with Gasteiger partial charge in [-0.05, 0) is 67.2 Å². The topological polar surface area (TPSA) is 121 Å². The maximum atomic E-state index is 14.7. The smallest absolute Gasteiger partial charge is 0.178 e. The van der Waals surface area contributed by atoms with E-state index in [2.05, 4.69) is 48.7 Å². The van der Waals surface area contributed by atoms with Gasteiger partial charge in [-0.3, -0.25) is 10.1 Å². The van der Waals surface area contributed by atoms with Crippen molar-refractivity contribution in [2.24, 2.45) is 0 Å². The Bertz CT molecular complexity index is 2120. The summed E-state index contributed by atoms with van der Waals surface area (Å²) >= 11 is 0. The van der Waals surface area contributed by atoms with E-state index in [0.29, 0.717) is 52.7 Å². The highest BCUT2D eigenvalue weighted by atomic mass is 19.1. The van der Waals surface area contributed by atoms with Crippen LogP contribution in [-0.4, -0.2) is 67.3 Å². The largest absolute Gasteiger partial charge is 0.492 e. The first-order chi connectivity index (χ1) is 22.5. The van der Waals surface area contributed by atoms with E-state index >= 15 is 0 Å². The zero-order valence-corrected chi connectivity index (χ0v) is 25.5. The van der Waals surface area contributed by atoms with Crippen molar-refractivity contribution in [1.82, 2.24) is 45.3 Å². The third-order valence-corrected chi connectivity index (χ3v) is 7.61. The second kappa shape index (κ2) is 12.8. The van der Waals surface area contributed by atoms with Crippen LogP contribution in [0.5, 0.6) is 5.75 Å². The van der Waals surface area contributed by atoms with Crippen molar-refractivity contribution in [2.45, 2.75) is 13.1 Å². The molecule has 0 fully saturated rings. The minimum Gasteiger partial charge on any atom is -0.492 e. The Balaban J connectivity index is 1.17. The molecule has 0 bridgehead atoms. The van der Waals surface area contributed by atoms with Gasteiger partial charge in [0.2, 0.25) is 0 Å². The molecule has 2 aromatic carbocycles. The number of nitrogens with zero attached hydrogens (tertiary/aromatic N) is 6. The van der Waals surface area contributed by atoms with Crippen LogP contribution in [-0.2, 0) is 13.1 Å². The van der Waals surface area contributed by atoms with E-state index < -0.39 is 0 Å². The molecule has 5 heterocycles. The summed E-state index contributed by atoms with van der Waals surface area (Å²) < 4.78 is 20.5. The first-order valence-electron chi connectivity index (χ1n) is 15.0. The van der Waals surface area contributed by atoms with Gasteiger partial charge in [-0.1, -0.05) is 30.3 Å². The van der Waals surface area contributed by atoms with E-state index in [1.54, 1.807) is 6.20 Å². The van der Waals surface area contributed by atoms with Gasteiger partial charge in [-0.15, -0.1) is 0 Å². The van der Waals surface area contributed by atoms with Crippen LogP contribution in [0.3, 0.4) is 0 Å². The van der Waals surface area contributed by atoms with Gasteiger partial charge in [0.25, 0.3) is 0 Å². The number of pyridine rings is 3. The van der Waals surface area contributed by atoms with Crippen molar-refractivity contribution in [2.75, 3.05) is 27.2 Å². The third-order valence-electron chi connectivity index (χ3n) is 7.61. The molecule has 11 heteroatoms. The fourth-order valence-electron chi connectivity index (χ4n) is 5.31. The maximum Gasteiger partial charge on any atom is 0.178 e. The average molecular weight is 614 g/mol. The summed E-state index contributed by atoms with van der Waals surface area (Å²) in [6.45, 7) is 2.62. The predicted molar refractivity (Wildman–Crippen MR) is 176 cm³/mol. The Morgan fingerprint density at radius 3 is 2.63 bits per heavy atom. The Hall–Kier alpha value is -5.52. The Morgan fingerprint density at radius 1 is 0.891 bits per heavy atom. The summed E-state index contributed by atoms with van der Waals surface area (Å²) in [5.41, 5.74) is 8.49. The number of nitrogens with one attached hydrogen (secondary N) is 3. The van der Waals surface area contributed by atoms with Crippen molar-refractivity contribution in [1.29, 1.82) is 0 Å². The SMILES string of the molecule is CN(C)CCOc1cc(F)cc(-c2ccnc3nc(-c4n[nH]c5ccc(-c6cncc(CNCc7ccccc7)c6)nc45)[nH]c23)c1. The quantitative estimate of drug-likeness (QED) is 0.163. The van der Waals surface area contributed by atoms with Crippen LogP contribution < -0.4 is 10.1 Å². The zero-order valence-electron chi connectivity index (χ0n) is 25.5. The summed E-state index contributed by atoms with van der Waals surface area (Å²) in [6.07, 6.45) is 5.33. The minimum absolute atomic E-state index is 0.386. The molecule has 0 saturated heterocycles. The predicted octanol–water partition coefficient (Wildman–Crippen LogP) is 5.99. The standard InChI is InChI=1S/C35H32FN9O/c1-45(2)12-13-46-27-16-24(15-26(36)17-27)28-10-11-39-34-31(28)41-35(42-34)33-32-30(43-44-33)9-8-29(40-32)25-14-23(20-38-21-25)19-37-18-22-6-4-3-5-7-22/h3-11,14-17,20-21,37H,12-13,18-19H2,1-2H3,(H,43,44)(H,39,41,42). The third kappa shape index (κ3) is 6.32. The van der Waals surface area contributed by atoms with Crippen molar-refractivity contribution >= 4 is 22.2 Å². The number of benzene rings is 2. The van der Waals surface area contributed by atoms with E-state index in [1.807, 2.05) is 73.9 Å². The van der Waals surface area contributed by atoms with E-state index in [0.717, 1.165) is 41.0 Å². The molecule has 10 nitrogen and oxygen atoms in total. The minimum atomic E-state index is -0.386. The summed E-state index contributed by atoms with van der Waals surface area (Å²) in [6, 6.07) is 22.8. The number of rotatable bonds is 11. The van der Waals surface area contributed by atoms with Crippen molar-refractivity contribution in [3.63, 3.8) is 0 Å². The van der Waals surface area contributed by atoms with Crippen LogP contribution in [0.25, 0.3) is 56.1 Å². The number of hydrogen-bond acceptors (Lipinski definition) is 8. The van der Waals surface area contributed by atoms with Crippen LogP contribution in [0.1, 0.15) is 11.1 Å². The normalized spacial score (nSPS) is 11.6. The lowest BCUT2D eigenvalue weighted by Gasteiger charge is -2.12. The van der Waals surface area contributed by atoms with Crippen LogP contribution in [0.4, 0.5) is 4.39 Å². The number of ether oxygens (including phenoxy) is 1. The number of aromatic amines is 2. The molecule has 7 aromatic rings. The molecule has 0 unspecified atom stereocenters. The number of halogens is 1. The summed E-state index contributed by atoms with van der Waals surface area (Å²) in [5.74, 6) is 0.575. The number of imidazole rings is 1. The van der Waals surface area contributed by atoms with Gasteiger partial charge in [0.05, 0.1) is 16.7 Å². The second-order valence-corrected chi connectivity index (χ2v) is 11.3. The summed E-state index contributed by atoms with van der Waals surface area (Å²) in [4.78, 5) is 24.0. The second-order valence-electron chi connectivity index (χ2n) is 11.3. The van der Waals surface area contributed by atoms with Gasteiger partial charge in [0.15, 0.2) is 17.2 Å². The molecule has 5 aromatic heterocycles. The lowest BCUT2D eigenvalue weighted by atomic mass is 10.1. The molecule has 0 spiro atoms. The van der Waals surface area contributed by atoms with Crippen molar-refractivity contribution in [3.05, 3.63) is 108 Å². The van der Waals surface area contributed by atoms with Gasteiger partial charge >= 0.3 is 0 Å². The zero-order chi connectivity index (χ0) is 31.5. The molecule has 0 saturated carbocycles. The molecule has 0 radical (unpaired) electrons. The Morgan fingerprint density at radius 2 is 1.76 bits per heavy atom. The van der Waals surface area contributed by atoms with Crippen LogP contribution in [0, 0.1) is 5.82 Å². The van der Waals surface area contributed by atoms with Gasteiger partial charge in [-0.2, -0.15) is 5.10 Å². The van der Waals surface area contributed by atoms with Gasteiger partial charge in [-0.25, -0.2) is 19.3 Å². The number of likely N-dealkylation sites (N-methyl/N-ethyl adjacent to an activating group) is 1. The highest BCUT2D eigenvalue weighted by Gasteiger charge is 2.18. The molecule has 7 rings (SSSR count). The first kappa shape index (κ1) is 29.2. The summed E-state index contributed by atoms with van der Waals surface area (Å²) in [5, 5.41) is 11.1. The Labute approximate surface area is 264 Å². The van der Waals surface area contributed by atoms with Crippen LogP contribution in [0.2, 0.25) is 0 Å². The number of fused-ring (bicyclic) bond motifs is 2. The number of hydrogen-bond donors (Lipinski definition) is 3.